The van der Waals surface area contributed by atoms with Crippen LogP contribution >= 0.6 is 0 Å². The number of nitrogens with zero attached hydrogens (tertiary/aromatic N) is 1. The van der Waals surface area contributed by atoms with E-state index in [4.69, 9.17) is 0 Å². The molecule has 0 saturated carbocycles. The van der Waals surface area contributed by atoms with E-state index in [9.17, 15) is 29.6 Å². The Hall–Kier alpha value is -4.01. The lowest BCUT2D eigenvalue weighted by molar-refractivity contribution is -0.384. The quantitative estimate of drug-likeness (QED) is 0.381. The Morgan fingerprint density at radius 1 is 1.03 bits per heavy atom. The molecule has 156 valence electrons. The van der Waals surface area contributed by atoms with Crippen LogP contribution in [-0.2, 0) is 9.59 Å². The predicted molar refractivity (Wildman–Crippen MR) is 107 cm³/mol. The van der Waals surface area contributed by atoms with Crippen LogP contribution in [0.15, 0.2) is 60.3 Å². The molecule has 0 unspecified atom stereocenters. The van der Waals surface area contributed by atoms with Crippen molar-refractivity contribution in [3.05, 3.63) is 81.5 Å². The molecular formula is C21H20N3O6-. The van der Waals surface area contributed by atoms with E-state index in [1.54, 1.807) is 32.0 Å². The van der Waals surface area contributed by atoms with Crippen LogP contribution in [-0.4, -0.2) is 28.7 Å². The number of carboxylic acid groups (broad SMARTS) is 1. The highest BCUT2D eigenvalue weighted by Gasteiger charge is 2.21. The molecule has 1 atom stereocenters. The van der Waals surface area contributed by atoms with Gasteiger partial charge in [0.25, 0.3) is 17.5 Å². The molecular weight excluding hydrogens is 390 g/mol. The van der Waals surface area contributed by atoms with Crippen LogP contribution in [0.1, 0.15) is 29.8 Å². The molecule has 2 aromatic rings. The number of hydrogen-bond donors (Lipinski definition) is 2. The highest BCUT2D eigenvalue weighted by Crippen LogP contribution is 2.16. The number of rotatable bonds is 8. The van der Waals surface area contributed by atoms with Gasteiger partial charge in [-0.3, -0.25) is 19.7 Å². The zero-order chi connectivity index (χ0) is 22.3. The molecule has 0 aliphatic heterocycles. The van der Waals surface area contributed by atoms with E-state index in [1.165, 1.54) is 42.5 Å². The van der Waals surface area contributed by atoms with E-state index in [1.807, 2.05) is 0 Å². The summed E-state index contributed by atoms with van der Waals surface area (Å²) >= 11 is 0. The van der Waals surface area contributed by atoms with Gasteiger partial charge < -0.3 is 20.5 Å². The van der Waals surface area contributed by atoms with Crippen LogP contribution in [0, 0.1) is 16.0 Å². The van der Waals surface area contributed by atoms with Crippen LogP contribution in [0.2, 0.25) is 0 Å². The number of non-ortho nitro benzene ring substituents is 1. The fourth-order valence-corrected chi connectivity index (χ4v) is 2.55. The zero-order valence-electron chi connectivity index (χ0n) is 16.3. The van der Waals surface area contributed by atoms with Crippen LogP contribution in [0.5, 0.6) is 0 Å². The van der Waals surface area contributed by atoms with E-state index < -0.39 is 34.7 Å². The van der Waals surface area contributed by atoms with Gasteiger partial charge in [0.05, 0.1) is 16.9 Å². The van der Waals surface area contributed by atoms with Gasteiger partial charge >= 0.3 is 0 Å². The van der Waals surface area contributed by atoms with Crippen LogP contribution < -0.4 is 15.7 Å². The van der Waals surface area contributed by atoms with Crippen molar-refractivity contribution in [2.75, 3.05) is 0 Å². The van der Waals surface area contributed by atoms with E-state index in [0.717, 1.165) is 0 Å². The average Bonchev–Trinajstić information content (AvgIpc) is 2.71. The van der Waals surface area contributed by atoms with Crippen molar-refractivity contribution in [1.82, 2.24) is 10.6 Å². The second kappa shape index (κ2) is 9.97. The summed E-state index contributed by atoms with van der Waals surface area (Å²) in [6.07, 6.45) is 1.23. The Kier molecular flexibility index (Phi) is 7.40. The van der Waals surface area contributed by atoms with Crippen molar-refractivity contribution in [3.8, 4) is 0 Å². The standard InChI is InChI=1S/C21H21N3O6/c1-13(2)18(21(27)28)23-20(26)17(22-19(25)15-8-4-3-5-9-15)12-14-7-6-10-16(11-14)24(29)30/h3-13,18H,1-2H3,(H,22,25)(H,23,26)(H,27,28)/p-1/t18-/m0/s1. The first-order valence-electron chi connectivity index (χ1n) is 9.03. The van der Waals surface area contributed by atoms with Crippen LogP contribution in [0.3, 0.4) is 0 Å². The summed E-state index contributed by atoms with van der Waals surface area (Å²) in [5.41, 5.74) is 0.0803. The minimum atomic E-state index is -1.47. The monoisotopic (exact) mass is 410 g/mol. The molecule has 0 aliphatic rings. The van der Waals surface area contributed by atoms with Crippen molar-refractivity contribution >= 4 is 29.5 Å². The fraction of sp³-hybridized carbons (Fsp3) is 0.190. The van der Waals surface area contributed by atoms with Crippen molar-refractivity contribution in [2.45, 2.75) is 19.9 Å². The number of nitrogens with one attached hydrogen (secondary N) is 2. The summed E-state index contributed by atoms with van der Waals surface area (Å²) in [5, 5.41) is 27.1. The van der Waals surface area contributed by atoms with E-state index >= 15 is 0 Å². The smallest absolute Gasteiger partial charge is 0.270 e. The number of benzene rings is 2. The maximum atomic E-state index is 12.7. The topological polar surface area (TPSA) is 141 Å². The molecule has 9 heteroatoms. The van der Waals surface area contributed by atoms with E-state index in [2.05, 4.69) is 10.6 Å². The summed E-state index contributed by atoms with van der Waals surface area (Å²) in [7, 11) is 0. The largest absolute Gasteiger partial charge is 0.548 e. The zero-order valence-corrected chi connectivity index (χ0v) is 16.3. The lowest BCUT2D eigenvalue weighted by Gasteiger charge is -2.24. The number of carboxylic acids is 1. The van der Waals surface area contributed by atoms with Crippen molar-refractivity contribution < 1.29 is 24.4 Å². The van der Waals surface area contributed by atoms with Gasteiger partial charge in [0, 0.05) is 17.7 Å². The van der Waals surface area contributed by atoms with Gasteiger partial charge in [-0.25, -0.2) is 0 Å². The summed E-state index contributed by atoms with van der Waals surface area (Å²) in [6, 6.07) is 12.2. The predicted octanol–water partition coefficient (Wildman–Crippen LogP) is 1.26. The number of carbonyl (C=O) groups excluding carboxylic acids is 3. The average molecular weight is 410 g/mol. The number of carbonyl (C=O) groups is 3. The lowest BCUT2D eigenvalue weighted by Crippen LogP contribution is -2.52. The second-order valence-corrected chi connectivity index (χ2v) is 6.74. The summed E-state index contributed by atoms with van der Waals surface area (Å²) in [4.78, 5) is 47.0. The van der Waals surface area contributed by atoms with Gasteiger partial charge in [-0.2, -0.15) is 0 Å². The molecule has 2 N–H and O–H groups in total. The lowest BCUT2D eigenvalue weighted by atomic mass is 10.0. The Morgan fingerprint density at radius 3 is 2.27 bits per heavy atom. The van der Waals surface area contributed by atoms with Crippen molar-refractivity contribution in [3.63, 3.8) is 0 Å². The summed E-state index contributed by atoms with van der Waals surface area (Å²) < 4.78 is 0. The van der Waals surface area contributed by atoms with Gasteiger partial charge in [-0.05, 0) is 29.7 Å². The Morgan fingerprint density at radius 2 is 1.70 bits per heavy atom. The Bertz CT molecular complexity index is 985. The SMILES string of the molecule is CC(C)[C@H](NC(=O)C(=Cc1cccc([N+](=O)[O-])c1)NC(=O)c1ccccc1)C(=O)[O-]. The van der Waals surface area contributed by atoms with E-state index in [-0.39, 0.29) is 22.5 Å². The van der Waals surface area contributed by atoms with Crippen molar-refractivity contribution in [2.24, 2.45) is 5.92 Å². The number of aliphatic carboxylic acids is 1. The van der Waals surface area contributed by atoms with Gasteiger partial charge in [-0.15, -0.1) is 0 Å². The molecule has 0 bridgehead atoms. The molecule has 9 nitrogen and oxygen atoms in total. The normalized spacial score (nSPS) is 12.2. The number of amides is 2. The summed E-state index contributed by atoms with van der Waals surface area (Å²) in [6.45, 7) is 3.18. The Labute approximate surface area is 172 Å². The van der Waals surface area contributed by atoms with Gasteiger partial charge in [0.1, 0.15) is 5.70 Å². The fourth-order valence-electron chi connectivity index (χ4n) is 2.55. The second-order valence-electron chi connectivity index (χ2n) is 6.74. The molecule has 0 aromatic heterocycles. The molecule has 2 rings (SSSR count). The van der Waals surface area contributed by atoms with Gasteiger partial charge in [-0.1, -0.05) is 44.2 Å². The third kappa shape index (κ3) is 5.99. The highest BCUT2D eigenvalue weighted by molar-refractivity contribution is 6.06. The minimum absolute atomic E-state index is 0.201. The third-order valence-corrected chi connectivity index (χ3v) is 4.13. The first kappa shape index (κ1) is 22.3. The van der Waals surface area contributed by atoms with E-state index in [0.29, 0.717) is 0 Å². The maximum Gasteiger partial charge on any atom is 0.270 e. The first-order valence-corrected chi connectivity index (χ1v) is 9.03. The number of hydrogen-bond acceptors (Lipinski definition) is 6. The molecule has 0 spiro atoms. The Balaban J connectivity index is 2.40. The first-order chi connectivity index (χ1) is 14.2. The molecule has 0 saturated heterocycles. The maximum absolute atomic E-state index is 12.7. The number of nitro benzene ring substituents is 1. The van der Waals surface area contributed by atoms with Gasteiger partial charge in [0.15, 0.2) is 0 Å². The highest BCUT2D eigenvalue weighted by atomic mass is 16.6. The van der Waals surface area contributed by atoms with Crippen molar-refractivity contribution in [1.29, 1.82) is 0 Å². The molecule has 0 heterocycles. The molecule has 30 heavy (non-hydrogen) atoms. The third-order valence-electron chi connectivity index (χ3n) is 4.13. The molecule has 2 amide bonds. The molecule has 2 aromatic carbocycles. The molecule has 0 aliphatic carbocycles. The van der Waals surface area contributed by atoms with Crippen LogP contribution in [0.4, 0.5) is 5.69 Å². The minimum Gasteiger partial charge on any atom is -0.548 e. The summed E-state index contributed by atoms with van der Waals surface area (Å²) in [5.74, 6) is -3.41. The van der Waals surface area contributed by atoms with Gasteiger partial charge in [0.2, 0.25) is 0 Å². The van der Waals surface area contributed by atoms with Crippen LogP contribution in [0.25, 0.3) is 6.08 Å². The number of nitro groups is 1. The molecule has 0 radical (unpaired) electrons. The molecule has 0 fully saturated rings.